The monoisotopic (exact) mass is 471 g/mol. The van der Waals surface area contributed by atoms with E-state index in [0.717, 1.165) is 5.69 Å². The van der Waals surface area contributed by atoms with Crippen molar-refractivity contribution in [3.8, 4) is 5.75 Å². The number of rotatable bonds is 5. The largest absolute Gasteiger partial charge is 0.479 e. The molecule has 0 spiro atoms. The maximum absolute atomic E-state index is 13.1. The highest BCUT2D eigenvalue weighted by Crippen LogP contribution is 2.33. The molecule has 2 heterocycles. The lowest BCUT2D eigenvalue weighted by atomic mass is 9.97. The number of hydrogen-bond acceptors (Lipinski definition) is 5. The minimum atomic E-state index is -3.75. The molecular formula is C24H29N3O5S. The van der Waals surface area contributed by atoms with Crippen LogP contribution in [-0.2, 0) is 19.6 Å². The molecule has 2 aromatic rings. The van der Waals surface area contributed by atoms with Crippen LogP contribution in [0.2, 0.25) is 0 Å². The van der Waals surface area contributed by atoms with Gasteiger partial charge in [0.05, 0.1) is 10.6 Å². The van der Waals surface area contributed by atoms with E-state index >= 15 is 0 Å². The number of sulfonamides is 1. The molecule has 0 saturated carbocycles. The molecule has 1 unspecified atom stereocenters. The van der Waals surface area contributed by atoms with Crippen molar-refractivity contribution in [3.05, 3.63) is 48.0 Å². The Morgan fingerprint density at radius 1 is 1.12 bits per heavy atom. The molecule has 8 nitrogen and oxygen atoms in total. The first-order valence-electron chi connectivity index (χ1n) is 11.2. The molecule has 9 heteroatoms. The van der Waals surface area contributed by atoms with E-state index < -0.39 is 16.1 Å². The molecule has 2 aliphatic rings. The van der Waals surface area contributed by atoms with E-state index in [1.54, 1.807) is 13.0 Å². The maximum atomic E-state index is 13.1. The molecule has 1 atom stereocenters. The summed E-state index contributed by atoms with van der Waals surface area (Å²) in [6, 6.07) is 12.3. The second-order valence-corrected chi connectivity index (χ2v) is 10.8. The molecule has 2 N–H and O–H groups in total. The third kappa shape index (κ3) is 4.89. The van der Waals surface area contributed by atoms with Gasteiger partial charge in [0, 0.05) is 24.7 Å². The third-order valence-corrected chi connectivity index (χ3v) is 8.08. The molecule has 2 aliphatic heterocycles. The zero-order chi connectivity index (χ0) is 23.8. The lowest BCUT2D eigenvalue weighted by Crippen LogP contribution is -2.41. The van der Waals surface area contributed by atoms with Crippen molar-refractivity contribution in [3.63, 3.8) is 0 Å². The van der Waals surface area contributed by atoms with Crippen molar-refractivity contribution in [2.45, 2.75) is 50.5 Å². The Morgan fingerprint density at radius 3 is 2.42 bits per heavy atom. The minimum absolute atomic E-state index is 0.0906. The van der Waals surface area contributed by atoms with E-state index in [1.807, 2.05) is 24.3 Å². The Morgan fingerprint density at radius 2 is 1.79 bits per heavy atom. The van der Waals surface area contributed by atoms with Gasteiger partial charge < -0.3 is 15.4 Å². The van der Waals surface area contributed by atoms with E-state index in [2.05, 4.69) is 24.5 Å². The van der Waals surface area contributed by atoms with Crippen LogP contribution in [0.5, 0.6) is 5.75 Å². The topological polar surface area (TPSA) is 105 Å². The summed E-state index contributed by atoms with van der Waals surface area (Å²) in [7, 11) is -3.75. The highest BCUT2D eigenvalue weighted by molar-refractivity contribution is 7.89. The van der Waals surface area contributed by atoms with E-state index in [0.29, 0.717) is 30.2 Å². The predicted molar refractivity (Wildman–Crippen MR) is 126 cm³/mol. The van der Waals surface area contributed by atoms with Crippen LogP contribution in [0.15, 0.2) is 47.4 Å². The molecule has 4 rings (SSSR count). The van der Waals surface area contributed by atoms with Crippen LogP contribution in [0.1, 0.15) is 45.1 Å². The lowest BCUT2D eigenvalue weighted by molar-refractivity contribution is -0.123. The number of fused-ring (bicyclic) bond motifs is 1. The first kappa shape index (κ1) is 23.3. The second-order valence-electron chi connectivity index (χ2n) is 8.85. The summed E-state index contributed by atoms with van der Waals surface area (Å²) in [5, 5.41) is 5.62. The Labute approximate surface area is 194 Å². The van der Waals surface area contributed by atoms with Gasteiger partial charge in [0.1, 0.15) is 5.75 Å². The van der Waals surface area contributed by atoms with Crippen LogP contribution < -0.4 is 15.4 Å². The van der Waals surface area contributed by atoms with Crippen LogP contribution in [0.25, 0.3) is 0 Å². The summed E-state index contributed by atoms with van der Waals surface area (Å²) in [5.41, 5.74) is 2.29. The maximum Gasteiger partial charge on any atom is 0.265 e. The molecule has 1 saturated heterocycles. The zero-order valence-corrected chi connectivity index (χ0v) is 19.8. The average Bonchev–Trinajstić information content (AvgIpc) is 2.80. The number of nitrogens with one attached hydrogen (secondary N) is 2. The molecule has 1 fully saturated rings. The fraction of sp³-hybridized carbons (Fsp3) is 0.417. The molecule has 0 bridgehead atoms. The van der Waals surface area contributed by atoms with Crippen molar-refractivity contribution < 1.29 is 22.7 Å². The number of nitrogens with zero attached hydrogens (tertiary/aromatic N) is 1. The van der Waals surface area contributed by atoms with Gasteiger partial charge in [-0.15, -0.1) is 0 Å². The second kappa shape index (κ2) is 9.15. The van der Waals surface area contributed by atoms with Crippen LogP contribution in [0.4, 0.5) is 11.4 Å². The third-order valence-electron chi connectivity index (χ3n) is 6.19. The van der Waals surface area contributed by atoms with Gasteiger partial charge in [0.25, 0.3) is 5.91 Å². The van der Waals surface area contributed by atoms with Crippen LogP contribution >= 0.6 is 0 Å². The van der Waals surface area contributed by atoms with Crippen LogP contribution in [-0.4, -0.2) is 43.7 Å². The minimum Gasteiger partial charge on any atom is -0.479 e. The Hall–Kier alpha value is -2.91. The van der Waals surface area contributed by atoms with Gasteiger partial charge >= 0.3 is 0 Å². The van der Waals surface area contributed by atoms with E-state index in [-0.39, 0.29) is 35.7 Å². The van der Waals surface area contributed by atoms with Crippen LogP contribution in [0.3, 0.4) is 0 Å². The predicted octanol–water partition coefficient (Wildman–Crippen LogP) is 3.57. The van der Waals surface area contributed by atoms with Gasteiger partial charge in [0.2, 0.25) is 15.9 Å². The molecular weight excluding hydrogens is 442 g/mol. The highest BCUT2D eigenvalue weighted by atomic mass is 32.2. The van der Waals surface area contributed by atoms with Gasteiger partial charge in [-0.2, -0.15) is 4.31 Å². The number of carbonyl (C=O) groups excluding carboxylic acids is 2. The zero-order valence-electron chi connectivity index (χ0n) is 19.0. The highest BCUT2D eigenvalue weighted by Gasteiger charge is 2.33. The summed E-state index contributed by atoms with van der Waals surface area (Å²) in [4.78, 5) is 24.7. The Kier molecular flexibility index (Phi) is 6.45. The molecule has 33 heavy (non-hydrogen) atoms. The number of ether oxygens (including phenoxy) is 1. The SMILES string of the molecule is CC1Oc2ccc(S(=O)(=O)N3CCC(C(=O)Nc4ccc(C(C)C)cc4)CC3)cc2NC1=O. The summed E-state index contributed by atoms with van der Waals surface area (Å²) in [6.07, 6.45) is 0.257. The Bertz CT molecular complexity index is 1150. The van der Waals surface area contributed by atoms with Gasteiger partial charge in [-0.25, -0.2) is 8.42 Å². The smallest absolute Gasteiger partial charge is 0.265 e. The molecule has 2 amide bonds. The summed E-state index contributed by atoms with van der Waals surface area (Å²) >= 11 is 0. The standard InChI is InChI=1S/C24H29N3O5S/c1-15(2)17-4-6-19(7-5-17)25-24(29)18-10-12-27(13-11-18)33(30,31)20-8-9-22-21(14-20)26-23(28)16(3)32-22/h4-9,14-16,18H,10-13H2,1-3H3,(H,25,29)(H,26,28). The quantitative estimate of drug-likeness (QED) is 0.694. The van der Waals surface area contributed by atoms with Gasteiger partial charge in [-0.05, 0) is 61.6 Å². The normalized spacial score (nSPS) is 19.5. The van der Waals surface area contributed by atoms with Crippen molar-refractivity contribution >= 4 is 33.2 Å². The van der Waals surface area contributed by atoms with E-state index in [9.17, 15) is 18.0 Å². The van der Waals surface area contributed by atoms with Crippen molar-refractivity contribution in [2.75, 3.05) is 23.7 Å². The first-order valence-corrected chi connectivity index (χ1v) is 12.6. The van der Waals surface area contributed by atoms with Gasteiger partial charge in [-0.3, -0.25) is 9.59 Å². The molecule has 2 aromatic carbocycles. The average molecular weight is 472 g/mol. The summed E-state index contributed by atoms with van der Waals surface area (Å²) in [5.74, 6) is 0.204. The Balaban J connectivity index is 1.38. The fourth-order valence-electron chi connectivity index (χ4n) is 4.05. The first-order chi connectivity index (χ1) is 15.6. The molecule has 0 radical (unpaired) electrons. The van der Waals surface area contributed by atoms with Crippen molar-refractivity contribution in [1.82, 2.24) is 4.31 Å². The van der Waals surface area contributed by atoms with Gasteiger partial charge in [-0.1, -0.05) is 26.0 Å². The number of carbonyl (C=O) groups is 2. The summed E-state index contributed by atoms with van der Waals surface area (Å²) in [6.45, 7) is 6.37. The fourth-order valence-corrected chi connectivity index (χ4v) is 5.55. The van der Waals surface area contributed by atoms with E-state index in [4.69, 9.17) is 4.74 Å². The number of benzene rings is 2. The van der Waals surface area contributed by atoms with Crippen LogP contribution in [0, 0.1) is 5.92 Å². The van der Waals surface area contributed by atoms with E-state index in [1.165, 1.54) is 22.0 Å². The number of amides is 2. The summed E-state index contributed by atoms with van der Waals surface area (Å²) < 4.78 is 33.2. The van der Waals surface area contributed by atoms with Crippen molar-refractivity contribution in [2.24, 2.45) is 5.92 Å². The van der Waals surface area contributed by atoms with Crippen molar-refractivity contribution in [1.29, 1.82) is 0 Å². The number of piperidine rings is 1. The molecule has 176 valence electrons. The number of anilines is 2. The lowest BCUT2D eigenvalue weighted by Gasteiger charge is -2.31. The van der Waals surface area contributed by atoms with Gasteiger partial charge in [0.15, 0.2) is 6.10 Å². The molecule has 0 aromatic heterocycles. The molecule has 0 aliphatic carbocycles. The number of hydrogen-bond donors (Lipinski definition) is 2.